The molecule has 1 N–H and O–H groups in total. The van der Waals surface area contributed by atoms with Crippen LogP contribution in [0.15, 0.2) is 89.9 Å². The minimum absolute atomic E-state index is 0.129. The highest BCUT2D eigenvalue weighted by Gasteiger charge is 2.60. The predicted octanol–water partition coefficient (Wildman–Crippen LogP) is 4.18. The lowest BCUT2D eigenvalue weighted by molar-refractivity contribution is -0.130. The lowest BCUT2D eigenvalue weighted by Crippen LogP contribution is -2.58. The van der Waals surface area contributed by atoms with Crippen LogP contribution < -0.4 is 10.2 Å². The average molecular weight is 406 g/mol. The molecule has 2 aliphatic heterocycles. The molecule has 2 aliphatic rings. The molecule has 2 amide bonds. The maximum atomic E-state index is 13.7. The number of piperidine rings is 1. The van der Waals surface area contributed by atoms with Gasteiger partial charge in [-0.1, -0.05) is 54.6 Å². The lowest BCUT2D eigenvalue weighted by atomic mass is 9.66. The van der Waals surface area contributed by atoms with Crippen molar-refractivity contribution in [3.8, 4) is 6.07 Å². The number of nitrogens with one attached hydrogen (secondary N) is 1. The number of anilines is 2. The van der Waals surface area contributed by atoms with Crippen molar-refractivity contribution in [3.05, 3.63) is 90.5 Å². The van der Waals surface area contributed by atoms with Crippen LogP contribution in [-0.2, 0) is 15.0 Å². The third-order valence-corrected chi connectivity index (χ3v) is 5.87. The topological polar surface area (TPSA) is 85.6 Å². The van der Waals surface area contributed by atoms with Gasteiger partial charge in [-0.25, -0.2) is 4.99 Å². The van der Waals surface area contributed by atoms with Crippen LogP contribution in [0.4, 0.5) is 17.1 Å². The molecule has 1 saturated heterocycles. The first kappa shape index (κ1) is 18.8. The Hall–Kier alpha value is -4.24. The maximum absolute atomic E-state index is 13.7. The van der Waals surface area contributed by atoms with Gasteiger partial charge in [-0.2, -0.15) is 5.26 Å². The molecule has 2 heterocycles. The van der Waals surface area contributed by atoms with Gasteiger partial charge in [-0.3, -0.25) is 14.5 Å². The van der Waals surface area contributed by atoms with Crippen LogP contribution in [0, 0.1) is 17.2 Å². The maximum Gasteiger partial charge on any atom is 0.251 e. The van der Waals surface area contributed by atoms with E-state index in [2.05, 4.69) is 11.4 Å². The molecular weight excluding hydrogens is 388 g/mol. The standard InChI is InChI=1S/C25H18N4O2/c26-16-20-23(30)29(18-11-5-2-6-12-18)22(27-17-9-3-1-4-10-17)15-25(20)19-13-7-8-14-21(19)28-24(25)31/h1-14,20H,15H2,(H,28,31). The summed E-state index contributed by atoms with van der Waals surface area (Å²) in [6.07, 6.45) is 0.129. The molecule has 1 fully saturated rings. The lowest BCUT2D eigenvalue weighted by Gasteiger charge is -2.41. The van der Waals surface area contributed by atoms with Gasteiger partial charge in [0.25, 0.3) is 5.91 Å². The predicted molar refractivity (Wildman–Crippen MR) is 118 cm³/mol. The van der Waals surface area contributed by atoms with Gasteiger partial charge in [0.05, 0.1) is 17.4 Å². The first-order valence-electron chi connectivity index (χ1n) is 9.97. The normalized spacial score (nSPS) is 23.5. The summed E-state index contributed by atoms with van der Waals surface area (Å²) in [6, 6.07) is 27.8. The van der Waals surface area contributed by atoms with E-state index in [0.717, 1.165) is 0 Å². The summed E-state index contributed by atoms with van der Waals surface area (Å²) in [4.78, 5) is 33.2. The van der Waals surface area contributed by atoms with Crippen molar-refractivity contribution >= 4 is 34.7 Å². The molecule has 1 spiro atoms. The third kappa shape index (κ3) is 2.82. The van der Waals surface area contributed by atoms with Crippen molar-refractivity contribution in [1.82, 2.24) is 0 Å². The van der Waals surface area contributed by atoms with E-state index in [4.69, 9.17) is 4.99 Å². The highest BCUT2D eigenvalue weighted by atomic mass is 16.2. The number of nitriles is 1. The van der Waals surface area contributed by atoms with E-state index in [1.807, 2.05) is 66.7 Å². The fourth-order valence-electron chi connectivity index (χ4n) is 4.46. The number of aliphatic imine (C=N–C) groups is 1. The molecule has 0 saturated carbocycles. The number of carbonyl (C=O) groups excluding carboxylic acids is 2. The monoisotopic (exact) mass is 406 g/mol. The molecule has 0 bridgehead atoms. The summed E-state index contributed by atoms with van der Waals surface area (Å²) in [5.74, 6) is -1.55. The highest BCUT2D eigenvalue weighted by Crippen LogP contribution is 2.49. The van der Waals surface area contributed by atoms with Crippen LogP contribution in [-0.4, -0.2) is 17.6 Å². The molecule has 0 radical (unpaired) electrons. The van der Waals surface area contributed by atoms with Gasteiger partial charge < -0.3 is 5.32 Å². The molecule has 2 atom stereocenters. The number of rotatable bonds is 2. The van der Waals surface area contributed by atoms with Crippen LogP contribution in [0.3, 0.4) is 0 Å². The second-order valence-electron chi connectivity index (χ2n) is 7.58. The Kier molecular flexibility index (Phi) is 4.37. The van der Waals surface area contributed by atoms with E-state index in [0.29, 0.717) is 28.5 Å². The van der Waals surface area contributed by atoms with E-state index >= 15 is 0 Å². The Balaban J connectivity index is 1.73. The second kappa shape index (κ2) is 7.22. The molecular formula is C25H18N4O2. The zero-order valence-corrected chi connectivity index (χ0v) is 16.5. The molecule has 5 rings (SSSR count). The molecule has 0 aliphatic carbocycles. The highest BCUT2D eigenvalue weighted by molar-refractivity contribution is 6.26. The Morgan fingerprint density at radius 3 is 2.29 bits per heavy atom. The quantitative estimate of drug-likeness (QED) is 0.693. The van der Waals surface area contributed by atoms with Crippen molar-refractivity contribution in [1.29, 1.82) is 5.26 Å². The minimum Gasteiger partial charge on any atom is -0.325 e. The molecule has 6 nitrogen and oxygen atoms in total. The van der Waals surface area contributed by atoms with Gasteiger partial charge >= 0.3 is 0 Å². The van der Waals surface area contributed by atoms with Crippen molar-refractivity contribution in [3.63, 3.8) is 0 Å². The fraction of sp³-hybridized carbons (Fsp3) is 0.120. The first-order chi connectivity index (χ1) is 15.1. The van der Waals surface area contributed by atoms with E-state index < -0.39 is 17.2 Å². The number of carbonyl (C=O) groups is 2. The molecule has 3 aromatic rings. The van der Waals surface area contributed by atoms with E-state index in [9.17, 15) is 14.9 Å². The van der Waals surface area contributed by atoms with Crippen LogP contribution >= 0.6 is 0 Å². The van der Waals surface area contributed by atoms with Gasteiger partial charge in [0.15, 0.2) is 0 Å². The van der Waals surface area contributed by atoms with Gasteiger partial charge in [-0.05, 0) is 35.9 Å². The van der Waals surface area contributed by atoms with Gasteiger partial charge in [0.1, 0.15) is 17.2 Å². The smallest absolute Gasteiger partial charge is 0.251 e. The van der Waals surface area contributed by atoms with Crippen LogP contribution in [0.1, 0.15) is 12.0 Å². The average Bonchev–Trinajstić information content (AvgIpc) is 3.07. The number of fused-ring (bicyclic) bond motifs is 2. The molecule has 31 heavy (non-hydrogen) atoms. The summed E-state index contributed by atoms with van der Waals surface area (Å²) in [5, 5.41) is 12.9. The molecule has 0 aromatic heterocycles. The summed E-state index contributed by atoms with van der Waals surface area (Å²) in [5.41, 5.74) is 1.26. The van der Waals surface area contributed by atoms with E-state index in [1.165, 1.54) is 4.90 Å². The summed E-state index contributed by atoms with van der Waals surface area (Å²) in [6.45, 7) is 0. The molecule has 3 aromatic carbocycles. The van der Waals surface area contributed by atoms with E-state index in [-0.39, 0.29) is 12.3 Å². The minimum atomic E-state index is -1.32. The van der Waals surface area contributed by atoms with Crippen molar-refractivity contribution in [2.75, 3.05) is 10.2 Å². The van der Waals surface area contributed by atoms with Gasteiger partial charge in [0.2, 0.25) is 5.91 Å². The zero-order valence-electron chi connectivity index (χ0n) is 16.5. The summed E-state index contributed by atoms with van der Waals surface area (Å²) >= 11 is 0. The molecule has 2 unspecified atom stereocenters. The Morgan fingerprint density at radius 1 is 0.935 bits per heavy atom. The van der Waals surface area contributed by atoms with Crippen molar-refractivity contribution < 1.29 is 9.59 Å². The van der Waals surface area contributed by atoms with Gasteiger partial charge in [0, 0.05) is 12.1 Å². The van der Waals surface area contributed by atoms with Gasteiger partial charge in [-0.15, -0.1) is 0 Å². The number of amides is 2. The molecule has 6 heteroatoms. The third-order valence-electron chi connectivity index (χ3n) is 5.87. The van der Waals surface area contributed by atoms with Crippen LogP contribution in [0.2, 0.25) is 0 Å². The second-order valence-corrected chi connectivity index (χ2v) is 7.58. The first-order valence-corrected chi connectivity index (χ1v) is 9.97. The largest absolute Gasteiger partial charge is 0.325 e. The van der Waals surface area contributed by atoms with Crippen LogP contribution in [0.5, 0.6) is 0 Å². The number of amidine groups is 1. The Morgan fingerprint density at radius 2 is 1.58 bits per heavy atom. The van der Waals surface area contributed by atoms with Crippen molar-refractivity contribution in [2.24, 2.45) is 10.9 Å². The number of nitrogens with zero attached hydrogens (tertiary/aromatic N) is 3. The summed E-state index contributed by atoms with van der Waals surface area (Å²) in [7, 11) is 0. The Labute approximate surface area is 179 Å². The number of hydrogen-bond donors (Lipinski definition) is 1. The SMILES string of the molecule is N#CC1C(=O)N(c2ccccc2)C(=Nc2ccccc2)CC12C(=O)Nc1ccccc12. The van der Waals surface area contributed by atoms with E-state index in [1.54, 1.807) is 18.2 Å². The number of benzene rings is 3. The Bertz CT molecular complexity index is 1250. The molecule has 150 valence electrons. The number of hydrogen-bond acceptors (Lipinski definition) is 4. The number of para-hydroxylation sites is 3. The summed E-state index contributed by atoms with van der Waals surface area (Å²) < 4.78 is 0. The fourth-order valence-corrected chi connectivity index (χ4v) is 4.46. The van der Waals surface area contributed by atoms with Crippen molar-refractivity contribution in [2.45, 2.75) is 11.8 Å². The zero-order chi connectivity index (χ0) is 21.4. The van der Waals surface area contributed by atoms with Crippen LogP contribution in [0.25, 0.3) is 0 Å².